The van der Waals surface area contributed by atoms with Crippen molar-refractivity contribution in [2.45, 2.75) is 13.5 Å². The lowest BCUT2D eigenvalue weighted by Gasteiger charge is -2.03. The van der Waals surface area contributed by atoms with Gasteiger partial charge in [0.15, 0.2) is 10.7 Å². The third-order valence-electron chi connectivity index (χ3n) is 2.98. The molecule has 0 radical (unpaired) electrons. The predicted octanol–water partition coefficient (Wildman–Crippen LogP) is 1.92. The van der Waals surface area contributed by atoms with Gasteiger partial charge in [-0.1, -0.05) is 0 Å². The first-order valence-corrected chi connectivity index (χ1v) is 7.18. The second-order valence-corrected chi connectivity index (χ2v) is 5.37. The van der Waals surface area contributed by atoms with E-state index in [9.17, 15) is 9.59 Å². The summed E-state index contributed by atoms with van der Waals surface area (Å²) >= 11 is 1.54. The standard InChI is InChI=1S/C14H12N4O2S/c1-9(19)10-2-3-12(15-6-10)13(20)16-7-11-8-18-4-5-21-14(18)17-11/h2-6,8H,7H2,1H3,(H,16,20). The number of nitrogens with zero attached hydrogens (tertiary/aromatic N) is 3. The van der Waals surface area contributed by atoms with Gasteiger partial charge >= 0.3 is 0 Å². The fourth-order valence-corrected chi connectivity index (χ4v) is 2.58. The molecule has 0 fully saturated rings. The van der Waals surface area contributed by atoms with Crippen LogP contribution in [0.5, 0.6) is 0 Å². The van der Waals surface area contributed by atoms with Crippen molar-refractivity contribution in [3.05, 3.63) is 53.1 Å². The number of rotatable bonds is 4. The topological polar surface area (TPSA) is 76.4 Å². The van der Waals surface area contributed by atoms with E-state index in [0.29, 0.717) is 12.1 Å². The zero-order valence-electron chi connectivity index (χ0n) is 11.2. The van der Waals surface area contributed by atoms with Crippen molar-refractivity contribution in [2.75, 3.05) is 0 Å². The van der Waals surface area contributed by atoms with Gasteiger partial charge < -0.3 is 5.32 Å². The van der Waals surface area contributed by atoms with Crippen LogP contribution < -0.4 is 5.32 Å². The molecule has 7 heteroatoms. The molecule has 0 aliphatic rings. The third kappa shape index (κ3) is 2.82. The lowest BCUT2D eigenvalue weighted by molar-refractivity contribution is 0.0943. The molecule has 0 saturated carbocycles. The second-order valence-electron chi connectivity index (χ2n) is 4.50. The van der Waals surface area contributed by atoms with Gasteiger partial charge in [0.25, 0.3) is 5.91 Å². The summed E-state index contributed by atoms with van der Waals surface area (Å²) in [5, 5.41) is 4.71. The average molecular weight is 300 g/mol. The largest absolute Gasteiger partial charge is 0.345 e. The van der Waals surface area contributed by atoms with Crippen LogP contribution >= 0.6 is 11.3 Å². The molecule has 0 unspecified atom stereocenters. The van der Waals surface area contributed by atoms with E-state index in [1.165, 1.54) is 30.5 Å². The van der Waals surface area contributed by atoms with Gasteiger partial charge in [0.05, 0.1) is 12.2 Å². The second kappa shape index (κ2) is 5.45. The highest BCUT2D eigenvalue weighted by atomic mass is 32.1. The molecule has 0 aliphatic heterocycles. The Balaban J connectivity index is 1.65. The Labute approximate surface area is 124 Å². The fourth-order valence-electron chi connectivity index (χ4n) is 1.86. The predicted molar refractivity (Wildman–Crippen MR) is 78.5 cm³/mol. The van der Waals surface area contributed by atoms with Crippen LogP contribution in [0.3, 0.4) is 0 Å². The normalized spacial score (nSPS) is 10.7. The molecule has 1 N–H and O–H groups in total. The summed E-state index contributed by atoms with van der Waals surface area (Å²) < 4.78 is 1.91. The highest BCUT2D eigenvalue weighted by Gasteiger charge is 2.09. The van der Waals surface area contributed by atoms with Crippen LogP contribution in [0.4, 0.5) is 0 Å². The van der Waals surface area contributed by atoms with E-state index >= 15 is 0 Å². The number of thiazole rings is 1. The van der Waals surface area contributed by atoms with Gasteiger partial charge in [-0.15, -0.1) is 11.3 Å². The van der Waals surface area contributed by atoms with Gasteiger partial charge in [-0.25, -0.2) is 4.98 Å². The van der Waals surface area contributed by atoms with Crippen LogP contribution in [0.15, 0.2) is 36.1 Å². The summed E-state index contributed by atoms with van der Waals surface area (Å²) in [5.74, 6) is -0.367. The number of fused-ring (bicyclic) bond motifs is 1. The Bertz CT molecular complexity index is 775. The molecule has 3 aromatic heterocycles. The summed E-state index contributed by atoms with van der Waals surface area (Å²) in [6.45, 7) is 1.80. The molecule has 0 saturated heterocycles. The number of amides is 1. The lowest BCUT2D eigenvalue weighted by Crippen LogP contribution is -2.24. The zero-order chi connectivity index (χ0) is 14.8. The summed E-state index contributed by atoms with van der Waals surface area (Å²) in [6.07, 6.45) is 5.20. The maximum Gasteiger partial charge on any atom is 0.270 e. The Hall–Kier alpha value is -2.54. The molecule has 0 spiro atoms. The van der Waals surface area contributed by atoms with Gasteiger partial charge in [0, 0.05) is 29.5 Å². The molecule has 0 bridgehead atoms. The van der Waals surface area contributed by atoms with Crippen molar-refractivity contribution in [1.82, 2.24) is 19.7 Å². The molecule has 3 heterocycles. The molecule has 3 aromatic rings. The van der Waals surface area contributed by atoms with E-state index < -0.39 is 0 Å². The van der Waals surface area contributed by atoms with E-state index in [-0.39, 0.29) is 17.4 Å². The number of Topliss-reactive ketones (excluding diaryl/α,β-unsaturated/α-hetero) is 1. The summed E-state index contributed by atoms with van der Waals surface area (Å²) in [6, 6.07) is 3.13. The number of carbonyl (C=O) groups is 2. The molecule has 1 amide bonds. The van der Waals surface area contributed by atoms with E-state index in [4.69, 9.17) is 0 Å². The number of pyridine rings is 1. The molecule has 0 aliphatic carbocycles. The first kappa shape index (κ1) is 13.4. The van der Waals surface area contributed by atoms with E-state index in [2.05, 4.69) is 15.3 Å². The highest BCUT2D eigenvalue weighted by Crippen LogP contribution is 2.11. The SMILES string of the molecule is CC(=O)c1ccc(C(=O)NCc2cn3ccsc3n2)nc1. The van der Waals surface area contributed by atoms with Crippen molar-refractivity contribution in [3.63, 3.8) is 0 Å². The van der Waals surface area contributed by atoms with Crippen molar-refractivity contribution in [3.8, 4) is 0 Å². The van der Waals surface area contributed by atoms with Gasteiger partial charge in [0.1, 0.15) is 5.69 Å². The Morgan fingerprint density at radius 2 is 2.24 bits per heavy atom. The quantitative estimate of drug-likeness (QED) is 0.747. The molecule has 0 atom stereocenters. The average Bonchev–Trinajstić information content (AvgIpc) is 3.06. The highest BCUT2D eigenvalue weighted by molar-refractivity contribution is 7.15. The Morgan fingerprint density at radius 1 is 1.38 bits per heavy atom. The third-order valence-corrected chi connectivity index (χ3v) is 3.75. The summed E-state index contributed by atoms with van der Waals surface area (Å²) in [7, 11) is 0. The number of hydrogen-bond donors (Lipinski definition) is 1. The minimum Gasteiger partial charge on any atom is -0.345 e. The monoisotopic (exact) mass is 300 g/mol. The maximum absolute atomic E-state index is 12.0. The van der Waals surface area contributed by atoms with Crippen LogP contribution in [0.2, 0.25) is 0 Å². The Kier molecular flexibility index (Phi) is 3.49. The van der Waals surface area contributed by atoms with Crippen molar-refractivity contribution in [2.24, 2.45) is 0 Å². The van der Waals surface area contributed by atoms with E-state index in [1.54, 1.807) is 6.07 Å². The molecule has 21 heavy (non-hydrogen) atoms. The number of ketones is 1. The lowest BCUT2D eigenvalue weighted by atomic mass is 10.2. The van der Waals surface area contributed by atoms with Crippen molar-refractivity contribution >= 4 is 28.0 Å². The molecule has 6 nitrogen and oxygen atoms in total. The van der Waals surface area contributed by atoms with Crippen LogP contribution in [0, 0.1) is 0 Å². The summed E-state index contributed by atoms with van der Waals surface area (Å²) in [4.78, 5) is 32.4. The zero-order valence-corrected chi connectivity index (χ0v) is 12.1. The maximum atomic E-state index is 12.0. The molecule has 106 valence electrons. The van der Waals surface area contributed by atoms with Crippen LogP contribution in [-0.4, -0.2) is 26.1 Å². The fraction of sp³-hybridized carbons (Fsp3) is 0.143. The number of hydrogen-bond acceptors (Lipinski definition) is 5. The number of carbonyl (C=O) groups excluding carboxylic acids is 2. The Morgan fingerprint density at radius 3 is 2.90 bits per heavy atom. The van der Waals surface area contributed by atoms with E-state index in [1.807, 2.05) is 22.2 Å². The first-order chi connectivity index (χ1) is 10.1. The van der Waals surface area contributed by atoms with Crippen molar-refractivity contribution < 1.29 is 9.59 Å². The van der Waals surface area contributed by atoms with Crippen LogP contribution in [0.1, 0.15) is 33.5 Å². The van der Waals surface area contributed by atoms with Crippen LogP contribution in [-0.2, 0) is 6.54 Å². The van der Waals surface area contributed by atoms with Crippen LogP contribution in [0.25, 0.3) is 4.96 Å². The summed E-state index contributed by atoms with van der Waals surface area (Å²) in [5.41, 5.74) is 1.55. The molecular formula is C14H12N4O2S. The smallest absolute Gasteiger partial charge is 0.270 e. The number of nitrogens with one attached hydrogen (secondary N) is 1. The minimum absolute atomic E-state index is 0.0764. The molecule has 3 rings (SSSR count). The van der Waals surface area contributed by atoms with E-state index in [0.717, 1.165) is 10.7 Å². The van der Waals surface area contributed by atoms with Gasteiger partial charge in [-0.3, -0.25) is 19.0 Å². The van der Waals surface area contributed by atoms with Gasteiger partial charge in [-0.2, -0.15) is 0 Å². The van der Waals surface area contributed by atoms with Gasteiger partial charge in [0.2, 0.25) is 0 Å². The molecular weight excluding hydrogens is 288 g/mol. The first-order valence-electron chi connectivity index (χ1n) is 6.30. The number of aromatic nitrogens is 3. The van der Waals surface area contributed by atoms with Gasteiger partial charge in [-0.05, 0) is 19.1 Å². The van der Waals surface area contributed by atoms with Crippen molar-refractivity contribution in [1.29, 1.82) is 0 Å². The molecule has 0 aromatic carbocycles. The minimum atomic E-state index is -0.290. The number of imidazole rings is 1.